The van der Waals surface area contributed by atoms with E-state index in [9.17, 15) is 4.79 Å². The van der Waals surface area contributed by atoms with Crippen LogP contribution in [0.3, 0.4) is 0 Å². The fourth-order valence-corrected chi connectivity index (χ4v) is 3.57. The second kappa shape index (κ2) is 9.14. The van der Waals surface area contributed by atoms with E-state index in [-0.39, 0.29) is 12.5 Å². The number of carbonyl (C=O) groups is 1. The second-order valence-electron chi connectivity index (χ2n) is 6.80. The van der Waals surface area contributed by atoms with Gasteiger partial charge in [-0.2, -0.15) is 5.10 Å². The van der Waals surface area contributed by atoms with Crippen molar-refractivity contribution >= 4 is 29.5 Å². The molecule has 1 aromatic heterocycles. The van der Waals surface area contributed by atoms with Gasteiger partial charge in [-0.3, -0.25) is 14.5 Å². The fourth-order valence-electron chi connectivity index (χ4n) is 3.35. The number of hydrogen-bond donors (Lipinski definition) is 2. The minimum Gasteiger partial charge on any atom is -0.369 e. The highest BCUT2D eigenvalue weighted by molar-refractivity contribution is 7.71. The Hall–Kier alpha value is -2.19. The summed E-state index contributed by atoms with van der Waals surface area (Å²) in [4.78, 5) is 17.3. The fraction of sp³-hybridized carbons (Fsp3) is 0.526. The van der Waals surface area contributed by atoms with E-state index in [0.717, 1.165) is 57.1 Å². The van der Waals surface area contributed by atoms with Crippen molar-refractivity contribution in [3.63, 3.8) is 0 Å². The van der Waals surface area contributed by atoms with Gasteiger partial charge >= 0.3 is 0 Å². The van der Waals surface area contributed by atoms with Crippen LogP contribution in [0.2, 0.25) is 0 Å². The molecule has 0 spiro atoms. The van der Waals surface area contributed by atoms with Gasteiger partial charge in [0.15, 0.2) is 4.77 Å². The summed E-state index contributed by atoms with van der Waals surface area (Å²) in [6.07, 6.45) is 1.75. The summed E-state index contributed by atoms with van der Waals surface area (Å²) in [5.41, 5.74) is 1.99. The zero-order valence-corrected chi connectivity index (χ0v) is 16.9. The minimum absolute atomic E-state index is 0.103. The smallest absolute Gasteiger partial charge is 0.244 e. The van der Waals surface area contributed by atoms with E-state index in [2.05, 4.69) is 51.3 Å². The molecule has 1 fully saturated rings. The molecular formula is C19H28N6OS. The van der Waals surface area contributed by atoms with Crippen LogP contribution < -0.4 is 10.2 Å². The van der Waals surface area contributed by atoms with Gasteiger partial charge in [0.25, 0.3) is 0 Å². The SMILES string of the molecule is CCCc1n[nH]c(=S)n1CC(=O)Nc1ccc(N2CCN(CC)CC2)cc1. The number of nitrogens with one attached hydrogen (secondary N) is 2. The van der Waals surface area contributed by atoms with Gasteiger partial charge < -0.3 is 15.1 Å². The zero-order chi connectivity index (χ0) is 19.2. The summed E-state index contributed by atoms with van der Waals surface area (Å²) in [6.45, 7) is 9.84. The molecule has 2 heterocycles. The number of aromatic amines is 1. The van der Waals surface area contributed by atoms with E-state index in [1.807, 2.05) is 12.1 Å². The lowest BCUT2D eigenvalue weighted by atomic mass is 10.2. The number of benzene rings is 1. The van der Waals surface area contributed by atoms with Crippen LogP contribution in [-0.4, -0.2) is 58.3 Å². The molecule has 1 saturated heterocycles. The van der Waals surface area contributed by atoms with Crippen molar-refractivity contribution in [2.24, 2.45) is 0 Å². The number of nitrogens with zero attached hydrogens (tertiary/aromatic N) is 4. The second-order valence-corrected chi connectivity index (χ2v) is 7.18. The minimum atomic E-state index is -0.103. The summed E-state index contributed by atoms with van der Waals surface area (Å²) in [7, 11) is 0. The first-order chi connectivity index (χ1) is 13.1. The lowest BCUT2D eigenvalue weighted by Gasteiger charge is -2.35. The number of anilines is 2. The number of carbonyl (C=O) groups excluding carboxylic acids is 1. The largest absolute Gasteiger partial charge is 0.369 e. The van der Waals surface area contributed by atoms with Crippen LogP contribution in [0.1, 0.15) is 26.1 Å². The van der Waals surface area contributed by atoms with Crippen LogP contribution >= 0.6 is 12.2 Å². The number of piperazine rings is 1. The number of rotatable bonds is 7. The van der Waals surface area contributed by atoms with Gasteiger partial charge in [0.1, 0.15) is 12.4 Å². The van der Waals surface area contributed by atoms with Crippen molar-refractivity contribution in [1.82, 2.24) is 19.7 Å². The summed E-state index contributed by atoms with van der Waals surface area (Å²) >= 11 is 5.23. The maximum absolute atomic E-state index is 12.4. The normalized spacial score (nSPS) is 15.1. The molecule has 7 nitrogen and oxygen atoms in total. The van der Waals surface area contributed by atoms with E-state index < -0.39 is 0 Å². The Kier molecular flexibility index (Phi) is 6.63. The Bertz CT molecular complexity index is 804. The van der Waals surface area contributed by atoms with Crippen molar-refractivity contribution in [2.45, 2.75) is 33.2 Å². The third-order valence-electron chi connectivity index (χ3n) is 4.95. The lowest BCUT2D eigenvalue weighted by molar-refractivity contribution is -0.116. The molecule has 0 bridgehead atoms. The van der Waals surface area contributed by atoms with E-state index >= 15 is 0 Å². The third-order valence-corrected chi connectivity index (χ3v) is 5.26. The Morgan fingerprint density at radius 3 is 2.52 bits per heavy atom. The number of H-pyrrole nitrogens is 1. The first-order valence-corrected chi connectivity index (χ1v) is 10.0. The number of hydrogen-bond acceptors (Lipinski definition) is 5. The summed E-state index contributed by atoms with van der Waals surface area (Å²) in [5.74, 6) is 0.716. The van der Waals surface area contributed by atoms with Crippen LogP contribution in [0.5, 0.6) is 0 Å². The molecule has 0 unspecified atom stereocenters. The molecule has 1 aliphatic rings. The Balaban J connectivity index is 1.58. The van der Waals surface area contributed by atoms with E-state index in [1.54, 1.807) is 4.57 Å². The maximum atomic E-state index is 12.4. The number of likely N-dealkylation sites (N-methyl/N-ethyl adjacent to an activating group) is 1. The van der Waals surface area contributed by atoms with E-state index in [1.165, 1.54) is 5.69 Å². The lowest BCUT2D eigenvalue weighted by Crippen LogP contribution is -2.46. The number of aromatic nitrogens is 3. The predicted molar refractivity (Wildman–Crippen MR) is 111 cm³/mol. The average molecular weight is 389 g/mol. The van der Waals surface area contributed by atoms with Crippen molar-refractivity contribution < 1.29 is 4.79 Å². The van der Waals surface area contributed by atoms with Crippen LogP contribution in [-0.2, 0) is 17.8 Å². The standard InChI is InChI=1S/C19H28N6OS/c1-3-5-17-21-22-19(27)25(17)14-18(26)20-15-6-8-16(9-7-15)24-12-10-23(4-2)11-13-24/h6-9H,3-5,10-14H2,1-2H3,(H,20,26)(H,22,27). The quantitative estimate of drug-likeness (QED) is 0.714. The third kappa shape index (κ3) is 4.95. The van der Waals surface area contributed by atoms with Crippen molar-refractivity contribution in [1.29, 1.82) is 0 Å². The molecule has 3 rings (SSSR count). The molecule has 146 valence electrons. The first kappa shape index (κ1) is 19.6. The Labute approximate surface area is 165 Å². The van der Waals surface area contributed by atoms with Gasteiger partial charge in [-0.25, -0.2) is 0 Å². The molecule has 0 radical (unpaired) electrons. The van der Waals surface area contributed by atoms with Gasteiger partial charge in [-0.1, -0.05) is 13.8 Å². The maximum Gasteiger partial charge on any atom is 0.244 e. The average Bonchev–Trinajstić information content (AvgIpc) is 3.02. The monoisotopic (exact) mass is 388 g/mol. The molecule has 1 aromatic carbocycles. The molecule has 0 aliphatic carbocycles. The van der Waals surface area contributed by atoms with Crippen molar-refractivity contribution in [3.05, 3.63) is 34.9 Å². The molecule has 0 atom stereocenters. The van der Waals surface area contributed by atoms with Crippen LogP contribution in [0.25, 0.3) is 0 Å². The molecular weight excluding hydrogens is 360 g/mol. The number of aryl methyl sites for hydroxylation is 1. The molecule has 0 saturated carbocycles. The van der Waals surface area contributed by atoms with Gasteiger partial charge in [-0.05, 0) is 49.4 Å². The van der Waals surface area contributed by atoms with Crippen LogP contribution in [0.15, 0.2) is 24.3 Å². The van der Waals surface area contributed by atoms with Crippen molar-refractivity contribution in [3.8, 4) is 0 Å². The highest BCUT2D eigenvalue weighted by Crippen LogP contribution is 2.19. The zero-order valence-electron chi connectivity index (χ0n) is 16.1. The molecule has 1 aliphatic heterocycles. The molecule has 27 heavy (non-hydrogen) atoms. The Morgan fingerprint density at radius 2 is 1.89 bits per heavy atom. The summed E-state index contributed by atoms with van der Waals surface area (Å²) in [5, 5.41) is 9.92. The molecule has 1 amide bonds. The van der Waals surface area contributed by atoms with Gasteiger partial charge in [0.05, 0.1) is 0 Å². The molecule has 2 aromatic rings. The molecule has 2 N–H and O–H groups in total. The predicted octanol–water partition coefficient (Wildman–Crippen LogP) is 2.67. The topological polar surface area (TPSA) is 69.2 Å². The van der Waals surface area contributed by atoms with Gasteiger partial charge in [0.2, 0.25) is 5.91 Å². The van der Waals surface area contributed by atoms with Crippen molar-refractivity contribution in [2.75, 3.05) is 42.9 Å². The van der Waals surface area contributed by atoms with E-state index in [0.29, 0.717) is 4.77 Å². The summed E-state index contributed by atoms with van der Waals surface area (Å²) < 4.78 is 2.24. The van der Waals surface area contributed by atoms with E-state index in [4.69, 9.17) is 12.2 Å². The van der Waals surface area contributed by atoms with Crippen LogP contribution in [0.4, 0.5) is 11.4 Å². The first-order valence-electron chi connectivity index (χ1n) is 9.62. The highest BCUT2D eigenvalue weighted by Gasteiger charge is 2.16. The van der Waals surface area contributed by atoms with Crippen LogP contribution in [0, 0.1) is 4.77 Å². The summed E-state index contributed by atoms with van der Waals surface area (Å²) in [6, 6.07) is 8.06. The van der Waals surface area contributed by atoms with Gasteiger partial charge in [-0.15, -0.1) is 0 Å². The highest BCUT2D eigenvalue weighted by atomic mass is 32.1. The number of amides is 1. The van der Waals surface area contributed by atoms with Gasteiger partial charge in [0, 0.05) is 44.0 Å². The molecule has 8 heteroatoms. The Morgan fingerprint density at radius 1 is 1.19 bits per heavy atom.